The fourth-order valence-corrected chi connectivity index (χ4v) is 4.30. The lowest BCUT2D eigenvalue weighted by Gasteiger charge is -2.21. The molecule has 1 aliphatic carbocycles. The Labute approximate surface area is 158 Å². The summed E-state index contributed by atoms with van der Waals surface area (Å²) in [5.74, 6) is 0.650. The standard InChI is InChI=1S/C25H31N/c1-17-14-18(2)19(3)24(15-17)20(4)22-12-8-9-13-23(22)25(16-26-5)21-10-6-7-11-21/h8-9,12-16,21,26H,4,6-7,10-11H2,1-3,5H3/b25-16-. The molecule has 1 saturated carbocycles. The first-order chi connectivity index (χ1) is 12.5. The molecule has 0 bridgehead atoms. The average molecular weight is 346 g/mol. The summed E-state index contributed by atoms with van der Waals surface area (Å²) in [6.45, 7) is 11.1. The van der Waals surface area contributed by atoms with E-state index in [1.54, 1.807) is 0 Å². The maximum Gasteiger partial charge on any atom is 0.00278 e. The number of nitrogens with one attached hydrogen (secondary N) is 1. The summed E-state index contributed by atoms with van der Waals surface area (Å²) >= 11 is 0. The van der Waals surface area contributed by atoms with Gasteiger partial charge in [-0.3, -0.25) is 0 Å². The highest BCUT2D eigenvalue weighted by molar-refractivity contribution is 5.87. The summed E-state index contributed by atoms with van der Waals surface area (Å²) in [6, 6.07) is 13.3. The van der Waals surface area contributed by atoms with Crippen molar-refractivity contribution in [2.75, 3.05) is 7.05 Å². The minimum Gasteiger partial charge on any atom is -0.394 e. The quantitative estimate of drug-likeness (QED) is 0.659. The summed E-state index contributed by atoms with van der Waals surface area (Å²) in [4.78, 5) is 0. The van der Waals surface area contributed by atoms with Crippen LogP contribution in [0, 0.1) is 26.7 Å². The minimum atomic E-state index is 0.650. The van der Waals surface area contributed by atoms with Gasteiger partial charge in [0.1, 0.15) is 0 Å². The Hall–Kier alpha value is -2.28. The lowest BCUT2D eigenvalue weighted by molar-refractivity contribution is 0.702. The maximum atomic E-state index is 4.52. The molecule has 136 valence electrons. The second-order valence-electron chi connectivity index (χ2n) is 7.65. The number of aryl methyl sites for hydroxylation is 2. The Morgan fingerprint density at radius 1 is 1.00 bits per heavy atom. The van der Waals surface area contributed by atoms with Crippen molar-refractivity contribution >= 4 is 11.1 Å². The molecule has 26 heavy (non-hydrogen) atoms. The van der Waals surface area contributed by atoms with Crippen molar-refractivity contribution in [1.29, 1.82) is 0 Å². The van der Waals surface area contributed by atoms with E-state index >= 15 is 0 Å². The van der Waals surface area contributed by atoms with Crippen molar-refractivity contribution in [2.24, 2.45) is 5.92 Å². The zero-order valence-electron chi connectivity index (χ0n) is 16.7. The molecule has 2 aromatic rings. The van der Waals surface area contributed by atoms with Gasteiger partial charge in [-0.05, 0) is 78.5 Å². The molecule has 1 heteroatoms. The predicted octanol–water partition coefficient (Wildman–Crippen LogP) is 6.42. The van der Waals surface area contributed by atoms with Crippen molar-refractivity contribution in [3.8, 4) is 0 Å². The van der Waals surface area contributed by atoms with Crippen LogP contribution < -0.4 is 5.32 Å². The maximum absolute atomic E-state index is 4.52. The summed E-state index contributed by atoms with van der Waals surface area (Å²) in [6.07, 6.45) is 7.46. The molecule has 1 N–H and O–H groups in total. The van der Waals surface area contributed by atoms with E-state index in [0.29, 0.717) is 5.92 Å². The zero-order chi connectivity index (χ0) is 18.7. The molecule has 3 rings (SSSR count). The van der Waals surface area contributed by atoms with Crippen LogP contribution in [-0.2, 0) is 0 Å². The largest absolute Gasteiger partial charge is 0.394 e. The fraction of sp³-hybridized carbons (Fsp3) is 0.360. The first-order valence-corrected chi connectivity index (χ1v) is 9.77. The van der Waals surface area contributed by atoms with E-state index in [0.717, 1.165) is 5.57 Å². The number of rotatable bonds is 5. The summed E-state index contributed by atoms with van der Waals surface area (Å²) in [7, 11) is 2.00. The second kappa shape index (κ2) is 7.95. The third-order valence-corrected chi connectivity index (χ3v) is 5.79. The number of hydrogen-bond acceptors (Lipinski definition) is 1. The van der Waals surface area contributed by atoms with Crippen molar-refractivity contribution in [3.63, 3.8) is 0 Å². The number of hydrogen-bond donors (Lipinski definition) is 1. The second-order valence-corrected chi connectivity index (χ2v) is 7.65. The molecule has 1 aliphatic rings. The molecule has 2 aromatic carbocycles. The minimum absolute atomic E-state index is 0.650. The van der Waals surface area contributed by atoms with Gasteiger partial charge in [0.15, 0.2) is 0 Å². The fourth-order valence-electron chi connectivity index (χ4n) is 4.30. The van der Waals surface area contributed by atoms with Gasteiger partial charge >= 0.3 is 0 Å². The molecule has 0 radical (unpaired) electrons. The SMILES string of the molecule is C=C(c1ccccc1/C(=C\NC)C1CCCC1)c1cc(C)cc(C)c1C. The highest BCUT2D eigenvalue weighted by atomic mass is 14.8. The molecule has 1 fully saturated rings. The van der Waals surface area contributed by atoms with Gasteiger partial charge in [-0.2, -0.15) is 0 Å². The van der Waals surface area contributed by atoms with Crippen LogP contribution >= 0.6 is 0 Å². The first kappa shape index (κ1) is 18.5. The van der Waals surface area contributed by atoms with Crippen LogP contribution in [0.3, 0.4) is 0 Å². The summed E-state index contributed by atoms with van der Waals surface area (Å²) in [5.41, 5.74) is 10.4. The van der Waals surface area contributed by atoms with Gasteiger partial charge in [0.2, 0.25) is 0 Å². The topological polar surface area (TPSA) is 12.0 Å². The molecular weight excluding hydrogens is 314 g/mol. The summed E-state index contributed by atoms with van der Waals surface area (Å²) < 4.78 is 0. The van der Waals surface area contributed by atoms with Crippen molar-refractivity contribution in [3.05, 3.63) is 82.6 Å². The predicted molar refractivity (Wildman–Crippen MR) is 114 cm³/mol. The van der Waals surface area contributed by atoms with Gasteiger partial charge < -0.3 is 5.32 Å². The molecular formula is C25H31N. The lowest BCUT2D eigenvalue weighted by Crippen LogP contribution is -2.07. The van der Waals surface area contributed by atoms with E-state index in [2.05, 4.69) is 75.3 Å². The van der Waals surface area contributed by atoms with E-state index in [4.69, 9.17) is 0 Å². The Balaban J connectivity index is 2.09. The molecule has 0 amide bonds. The Bertz CT molecular complexity index is 835. The van der Waals surface area contributed by atoms with Crippen LogP contribution in [0.2, 0.25) is 0 Å². The molecule has 0 spiro atoms. The van der Waals surface area contributed by atoms with Crippen LogP contribution in [0.5, 0.6) is 0 Å². The van der Waals surface area contributed by atoms with Gasteiger partial charge in [-0.1, -0.05) is 61.4 Å². The normalized spacial score (nSPS) is 15.3. The third-order valence-electron chi connectivity index (χ3n) is 5.79. The molecule has 0 heterocycles. The number of benzene rings is 2. The molecule has 1 nitrogen and oxygen atoms in total. The van der Waals surface area contributed by atoms with Gasteiger partial charge in [0, 0.05) is 13.2 Å². The van der Waals surface area contributed by atoms with Crippen LogP contribution in [0.25, 0.3) is 11.1 Å². The molecule has 0 atom stereocenters. The number of allylic oxidation sites excluding steroid dienone is 1. The van der Waals surface area contributed by atoms with Crippen molar-refractivity contribution < 1.29 is 0 Å². The van der Waals surface area contributed by atoms with Crippen LogP contribution in [-0.4, -0.2) is 7.05 Å². The van der Waals surface area contributed by atoms with E-state index in [9.17, 15) is 0 Å². The summed E-state index contributed by atoms with van der Waals surface area (Å²) in [5, 5.41) is 3.29. The molecule has 0 saturated heterocycles. The van der Waals surface area contributed by atoms with Gasteiger partial charge in [-0.15, -0.1) is 0 Å². The van der Waals surface area contributed by atoms with Crippen LogP contribution in [0.1, 0.15) is 59.1 Å². The van der Waals surface area contributed by atoms with E-state index in [1.165, 1.54) is 64.6 Å². The van der Waals surface area contributed by atoms with Gasteiger partial charge in [-0.25, -0.2) is 0 Å². The van der Waals surface area contributed by atoms with Gasteiger partial charge in [0.05, 0.1) is 0 Å². The van der Waals surface area contributed by atoms with Crippen molar-refractivity contribution in [2.45, 2.75) is 46.5 Å². The van der Waals surface area contributed by atoms with Crippen LogP contribution in [0.4, 0.5) is 0 Å². The van der Waals surface area contributed by atoms with E-state index in [-0.39, 0.29) is 0 Å². The lowest BCUT2D eigenvalue weighted by atomic mass is 9.84. The monoisotopic (exact) mass is 345 g/mol. The highest BCUT2D eigenvalue weighted by Gasteiger charge is 2.23. The Morgan fingerprint density at radius 3 is 2.31 bits per heavy atom. The van der Waals surface area contributed by atoms with E-state index < -0.39 is 0 Å². The Morgan fingerprint density at radius 2 is 1.65 bits per heavy atom. The molecule has 0 aromatic heterocycles. The van der Waals surface area contributed by atoms with Crippen LogP contribution in [0.15, 0.2) is 49.2 Å². The average Bonchev–Trinajstić information content (AvgIpc) is 3.16. The third kappa shape index (κ3) is 3.62. The smallest absolute Gasteiger partial charge is 0.00278 e. The van der Waals surface area contributed by atoms with Crippen molar-refractivity contribution in [1.82, 2.24) is 5.32 Å². The van der Waals surface area contributed by atoms with E-state index in [1.807, 2.05) is 7.05 Å². The molecule has 0 unspecified atom stereocenters. The Kier molecular flexibility index (Phi) is 5.66. The highest BCUT2D eigenvalue weighted by Crippen LogP contribution is 2.40. The first-order valence-electron chi connectivity index (χ1n) is 9.77. The zero-order valence-corrected chi connectivity index (χ0v) is 16.7. The molecule has 0 aliphatic heterocycles. The van der Waals surface area contributed by atoms with Gasteiger partial charge in [0.25, 0.3) is 0 Å².